The van der Waals surface area contributed by atoms with Gasteiger partial charge in [-0.3, -0.25) is 9.48 Å². The number of benzene rings is 1. The zero-order valence-corrected chi connectivity index (χ0v) is 14.7. The first-order valence-electron chi connectivity index (χ1n) is 8.56. The van der Waals surface area contributed by atoms with Crippen LogP contribution < -0.4 is 10.6 Å². The number of aryl methyl sites for hydroxylation is 1. The predicted octanol–water partition coefficient (Wildman–Crippen LogP) is 2.79. The number of amides is 1. The molecule has 1 aliphatic carbocycles. The van der Waals surface area contributed by atoms with Crippen LogP contribution in [0.5, 0.6) is 0 Å². The molecule has 2 atom stereocenters. The lowest BCUT2D eigenvalue weighted by Crippen LogP contribution is -2.32. The van der Waals surface area contributed by atoms with Gasteiger partial charge >= 0.3 is 0 Å². The van der Waals surface area contributed by atoms with Gasteiger partial charge in [-0.25, -0.2) is 4.39 Å². The average Bonchev–Trinajstić information content (AvgIpc) is 3.23. The van der Waals surface area contributed by atoms with Crippen LogP contribution in [-0.2, 0) is 6.42 Å². The van der Waals surface area contributed by atoms with Gasteiger partial charge in [-0.2, -0.15) is 5.10 Å². The van der Waals surface area contributed by atoms with Crippen LogP contribution in [0.1, 0.15) is 53.0 Å². The molecule has 1 aromatic heterocycles. The highest BCUT2D eigenvalue weighted by Gasteiger charge is 2.25. The van der Waals surface area contributed by atoms with Crippen molar-refractivity contribution in [3.63, 3.8) is 0 Å². The molecule has 0 bridgehead atoms. The van der Waals surface area contributed by atoms with Gasteiger partial charge in [-0.1, -0.05) is 6.07 Å². The Hall–Kier alpha value is -1.92. The first-order chi connectivity index (χ1) is 11.7. The Bertz CT molecular complexity index is 757. The summed E-state index contributed by atoms with van der Waals surface area (Å²) in [4.78, 5) is 12.5. The summed E-state index contributed by atoms with van der Waals surface area (Å²) in [7, 11) is 0. The fourth-order valence-electron chi connectivity index (χ4n) is 3.69. The molecule has 1 saturated heterocycles. The Morgan fingerprint density at radius 1 is 1.32 bits per heavy atom. The maximum absolute atomic E-state index is 13.3. The largest absolute Gasteiger partial charge is 0.344 e. The van der Waals surface area contributed by atoms with Gasteiger partial charge in [-0.15, -0.1) is 12.4 Å². The maximum Gasteiger partial charge on any atom is 0.272 e. The third kappa shape index (κ3) is 3.70. The second-order valence-corrected chi connectivity index (χ2v) is 6.59. The van der Waals surface area contributed by atoms with Crippen LogP contribution in [0, 0.1) is 5.82 Å². The molecule has 2 N–H and O–H groups in total. The molecule has 5 nitrogen and oxygen atoms in total. The van der Waals surface area contributed by atoms with Crippen LogP contribution in [0.4, 0.5) is 4.39 Å². The summed E-state index contributed by atoms with van der Waals surface area (Å²) < 4.78 is 15.2. The number of carbonyl (C=O) groups is 1. The zero-order valence-electron chi connectivity index (χ0n) is 13.9. The maximum atomic E-state index is 13.3. The molecule has 0 radical (unpaired) electrons. The Labute approximate surface area is 152 Å². The standard InChI is InChI=1S/C18H21FN4O.ClH/c19-13-4-5-15-12(10-13)3-6-16(15)21-18(24)17-7-9-23(22-17)14-2-1-8-20-11-14;/h4-5,7,9-10,14,16,20H,1-3,6,8,11H2,(H,21,24);1H. The molecule has 4 rings (SSSR count). The van der Waals surface area contributed by atoms with E-state index in [-0.39, 0.29) is 30.2 Å². The molecular weight excluding hydrogens is 343 g/mol. The highest BCUT2D eigenvalue weighted by atomic mass is 35.5. The number of aromatic nitrogens is 2. The SMILES string of the molecule is Cl.O=C(NC1CCc2cc(F)ccc21)c1ccn(C2CCCNC2)n1. The molecule has 2 unspecified atom stereocenters. The van der Waals surface area contributed by atoms with E-state index < -0.39 is 0 Å². The lowest BCUT2D eigenvalue weighted by Gasteiger charge is -2.22. The van der Waals surface area contributed by atoms with Gasteiger partial charge in [-0.05, 0) is 61.6 Å². The molecule has 2 aromatic rings. The molecule has 25 heavy (non-hydrogen) atoms. The first-order valence-corrected chi connectivity index (χ1v) is 8.56. The van der Waals surface area contributed by atoms with Crippen molar-refractivity contribution in [3.05, 3.63) is 53.1 Å². The quantitative estimate of drug-likeness (QED) is 0.880. The van der Waals surface area contributed by atoms with Gasteiger partial charge in [0.25, 0.3) is 5.91 Å². The fraction of sp³-hybridized carbons (Fsp3) is 0.444. The monoisotopic (exact) mass is 364 g/mol. The molecule has 1 aromatic carbocycles. The summed E-state index contributed by atoms with van der Waals surface area (Å²) >= 11 is 0. The van der Waals surface area contributed by atoms with Crippen molar-refractivity contribution in [2.45, 2.75) is 37.8 Å². The summed E-state index contributed by atoms with van der Waals surface area (Å²) in [5.41, 5.74) is 2.44. The van der Waals surface area contributed by atoms with Crippen molar-refractivity contribution in [2.24, 2.45) is 0 Å². The Balaban J connectivity index is 0.00000182. The van der Waals surface area contributed by atoms with Crippen LogP contribution >= 0.6 is 12.4 Å². The van der Waals surface area contributed by atoms with Gasteiger partial charge in [0.1, 0.15) is 11.5 Å². The van der Waals surface area contributed by atoms with Crippen molar-refractivity contribution >= 4 is 18.3 Å². The minimum Gasteiger partial charge on any atom is -0.344 e. The Kier molecular flexibility index (Phi) is 5.39. The number of carbonyl (C=O) groups excluding carboxylic acids is 1. The first kappa shape index (κ1) is 17.9. The van der Waals surface area contributed by atoms with E-state index in [0.717, 1.165) is 49.9 Å². The van der Waals surface area contributed by atoms with E-state index in [4.69, 9.17) is 0 Å². The molecule has 0 saturated carbocycles. The molecular formula is C18H22ClFN4O. The lowest BCUT2D eigenvalue weighted by molar-refractivity contribution is 0.0930. The highest BCUT2D eigenvalue weighted by molar-refractivity contribution is 5.92. The summed E-state index contributed by atoms with van der Waals surface area (Å²) in [6, 6.07) is 6.81. The van der Waals surface area contributed by atoms with E-state index in [1.165, 1.54) is 6.07 Å². The second kappa shape index (κ2) is 7.54. The topological polar surface area (TPSA) is 59.0 Å². The molecule has 7 heteroatoms. The van der Waals surface area contributed by atoms with Crippen molar-refractivity contribution in [1.82, 2.24) is 20.4 Å². The van der Waals surface area contributed by atoms with Crippen molar-refractivity contribution < 1.29 is 9.18 Å². The normalized spacial score (nSPS) is 22.1. The van der Waals surface area contributed by atoms with Crippen molar-refractivity contribution in [2.75, 3.05) is 13.1 Å². The van der Waals surface area contributed by atoms with Crippen LogP contribution in [0.15, 0.2) is 30.5 Å². The minimum atomic E-state index is -0.222. The van der Waals surface area contributed by atoms with E-state index >= 15 is 0 Å². The predicted molar refractivity (Wildman–Crippen MR) is 95.5 cm³/mol. The Morgan fingerprint density at radius 3 is 3.00 bits per heavy atom. The molecule has 1 fully saturated rings. The number of nitrogens with zero attached hydrogens (tertiary/aromatic N) is 2. The van der Waals surface area contributed by atoms with E-state index in [1.807, 2.05) is 10.9 Å². The second-order valence-electron chi connectivity index (χ2n) is 6.59. The number of nitrogens with one attached hydrogen (secondary N) is 2. The van der Waals surface area contributed by atoms with Crippen LogP contribution in [0.2, 0.25) is 0 Å². The molecule has 2 aliphatic rings. The van der Waals surface area contributed by atoms with Gasteiger partial charge in [0, 0.05) is 12.7 Å². The zero-order chi connectivity index (χ0) is 16.5. The van der Waals surface area contributed by atoms with Gasteiger partial charge in [0.05, 0.1) is 12.1 Å². The molecule has 1 amide bonds. The third-order valence-electron chi connectivity index (χ3n) is 4.97. The molecule has 0 spiro atoms. The number of halogens is 2. The van der Waals surface area contributed by atoms with Crippen molar-refractivity contribution in [3.8, 4) is 0 Å². The number of hydrogen-bond acceptors (Lipinski definition) is 3. The smallest absolute Gasteiger partial charge is 0.272 e. The van der Waals surface area contributed by atoms with Gasteiger partial charge in [0.2, 0.25) is 0 Å². The summed E-state index contributed by atoms with van der Waals surface area (Å²) in [6.07, 6.45) is 5.68. The van der Waals surface area contributed by atoms with Crippen LogP contribution in [-0.4, -0.2) is 28.8 Å². The molecule has 1 aliphatic heterocycles. The number of rotatable bonds is 3. The number of piperidine rings is 1. The summed E-state index contributed by atoms with van der Waals surface area (Å²) in [6.45, 7) is 1.94. The molecule has 134 valence electrons. The van der Waals surface area contributed by atoms with Gasteiger partial charge in [0.15, 0.2) is 0 Å². The van der Waals surface area contributed by atoms with E-state index in [1.54, 1.807) is 18.2 Å². The van der Waals surface area contributed by atoms with Gasteiger partial charge < -0.3 is 10.6 Å². The summed E-state index contributed by atoms with van der Waals surface area (Å²) in [5.74, 6) is -0.389. The average molecular weight is 365 g/mol. The lowest BCUT2D eigenvalue weighted by atomic mass is 10.1. The highest BCUT2D eigenvalue weighted by Crippen LogP contribution is 2.31. The fourth-order valence-corrected chi connectivity index (χ4v) is 3.69. The minimum absolute atomic E-state index is 0. The van der Waals surface area contributed by atoms with E-state index in [2.05, 4.69) is 15.7 Å². The van der Waals surface area contributed by atoms with Crippen LogP contribution in [0.3, 0.4) is 0 Å². The number of hydrogen-bond donors (Lipinski definition) is 2. The Morgan fingerprint density at radius 2 is 2.20 bits per heavy atom. The summed E-state index contributed by atoms with van der Waals surface area (Å²) in [5, 5.41) is 10.8. The van der Waals surface area contributed by atoms with E-state index in [9.17, 15) is 9.18 Å². The van der Waals surface area contributed by atoms with E-state index in [0.29, 0.717) is 11.7 Å². The van der Waals surface area contributed by atoms with Crippen molar-refractivity contribution in [1.29, 1.82) is 0 Å². The van der Waals surface area contributed by atoms with Crippen LogP contribution in [0.25, 0.3) is 0 Å². The number of fused-ring (bicyclic) bond motifs is 1. The third-order valence-corrected chi connectivity index (χ3v) is 4.97. The molecule has 2 heterocycles.